The van der Waals surface area contributed by atoms with E-state index in [0.29, 0.717) is 36.0 Å². The number of carbonyl (C=O) groups is 2. The first-order valence-corrected chi connectivity index (χ1v) is 8.63. The number of nitrogens with zero attached hydrogens (tertiary/aromatic N) is 1. The molecule has 0 saturated heterocycles. The van der Waals surface area contributed by atoms with Gasteiger partial charge in [0.2, 0.25) is 0 Å². The van der Waals surface area contributed by atoms with Crippen LogP contribution < -0.4 is 19.7 Å². The third-order valence-electron chi connectivity index (χ3n) is 4.06. The van der Waals surface area contributed by atoms with Crippen molar-refractivity contribution in [1.82, 2.24) is 0 Å². The quantitative estimate of drug-likeness (QED) is 0.816. The zero-order valence-electron chi connectivity index (χ0n) is 15.5. The molecule has 1 amide bonds. The summed E-state index contributed by atoms with van der Waals surface area (Å²) in [6.07, 6.45) is -0.950. The SMILES string of the molecule is C[C@@H](OC(=O)c1cccc(N(C)C)c1)C(=O)Nc1ccc2c(c1)OCCO2. The Morgan fingerprint density at radius 2 is 1.81 bits per heavy atom. The van der Waals surface area contributed by atoms with E-state index in [0.717, 1.165) is 5.69 Å². The summed E-state index contributed by atoms with van der Waals surface area (Å²) in [5.41, 5.74) is 1.81. The van der Waals surface area contributed by atoms with Gasteiger partial charge in [0.25, 0.3) is 5.91 Å². The molecule has 3 rings (SSSR count). The Bertz CT molecular complexity index is 850. The van der Waals surface area contributed by atoms with Crippen molar-refractivity contribution in [3.63, 3.8) is 0 Å². The van der Waals surface area contributed by atoms with Crippen LogP contribution in [0.15, 0.2) is 42.5 Å². The lowest BCUT2D eigenvalue weighted by atomic mass is 10.2. The molecule has 1 N–H and O–H groups in total. The first-order chi connectivity index (χ1) is 12.9. The molecule has 7 nitrogen and oxygen atoms in total. The summed E-state index contributed by atoms with van der Waals surface area (Å²) < 4.78 is 16.2. The molecule has 0 bridgehead atoms. The van der Waals surface area contributed by atoms with Crippen molar-refractivity contribution >= 4 is 23.3 Å². The van der Waals surface area contributed by atoms with Gasteiger partial charge in [0, 0.05) is 31.5 Å². The van der Waals surface area contributed by atoms with Gasteiger partial charge in [-0.05, 0) is 37.3 Å². The van der Waals surface area contributed by atoms with E-state index < -0.39 is 18.0 Å². The Balaban J connectivity index is 1.62. The highest BCUT2D eigenvalue weighted by molar-refractivity contribution is 5.97. The maximum atomic E-state index is 12.4. The zero-order chi connectivity index (χ0) is 19.4. The van der Waals surface area contributed by atoms with Gasteiger partial charge in [-0.3, -0.25) is 4.79 Å². The van der Waals surface area contributed by atoms with Crippen LogP contribution in [0, 0.1) is 0 Å². The van der Waals surface area contributed by atoms with Crippen LogP contribution in [-0.4, -0.2) is 45.3 Å². The third kappa shape index (κ3) is 4.49. The van der Waals surface area contributed by atoms with Crippen LogP contribution in [0.25, 0.3) is 0 Å². The molecule has 0 fully saturated rings. The van der Waals surface area contributed by atoms with Crippen LogP contribution in [0.4, 0.5) is 11.4 Å². The fraction of sp³-hybridized carbons (Fsp3) is 0.300. The number of amides is 1. The lowest BCUT2D eigenvalue weighted by Gasteiger charge is -2.19. The van der Waals surface area contributed by atoms with Crippen molar-refractivity contribution < 1.29 is 23.8 Å². The molecule has 0 spiro atoms. The molecule has 0 aliphatic carbocycles. The third-order valence-corrected chi connectivity index (χ3v) is 4.06. The Labute approximate surface area is 157 Å². The molecule has 7 heteroatoms. The minimum Gasteiger partial charge on any atom is -0.486 e. The van der Waals surface area contributed by atoms with Gasteiger partial charge >= 0.3 is 5.97 Å². The van der Waals surface area contributed by atoms with Gasteiger partial charge in [-0.2, -0.15) is 0 Å². The first-order valence-electron chi connectivity index (χ1n) is 8.63. The fourth-order valence-corrected chi connectivity index (χ4v) is 2.56. The van der Waals surface area contributed by atoms with Gasteiger partial charge in [0.15, 0.2) is 17.6 Å². The van der Waals surface area contributed by atoms with E-state index >= 15 is 0 Å². The number of nitrogens with one attached hydrogen (secondary N) is 1. The van der Waals surface area contributed by atoms with E-state index in [9.17, 15) is 9.59 Å². The summed E-state index contributed by atoms with van der Waals surface area (Å²) in [4.78, 5) is 26.6. The van der Waals surface area contributed by atoms with Crippen LogP contribution in [0.5, 0.6) is 11.5 Å². The Morgan fingerprint density at radius 1 is 1.07 bits per heavy atom. The molecular weight excluding hydrogens is 348 g/mol. The predicted octanol–water partition coefficient (Wildman–Crippen LogP) is 2.71. The number of fused-ring (bicyclic) bond motifs is 1. The average molecular weight is 370 g/mol. The summed E-state index contributed by atoms with van der Waals surface area (Å²) in [6.45, 7) is 2.49. The number of esters is 1. The van der Waals surface area contributed by atoms with Crippen molar-refractivity contribution in [3.05, 3.63) is 48.0 Å². The lowest BCUT2D eigenvalue weighted by Crippen LogP contribution is -2.30. The van der Waals surface area contributed by atoms with Crippen LogP contribution in [0.2, 0.25) is 0 Å². The standard InChI is InChI=1S/C20H22N2O5/c1-13(27-20(24)14-5-4-6-16(11-14)22(2)3)19(23)21-15-7-8-17-18(12-15)26-10-9-25-17/h4-8,11-13H,9-10H2,1-3H3,(H,21,23)/t13-/m1/s1. The number of benzene rings is 2. The maximum absolute atomic E-state index is 12.4. The summed E-state index contributed by atoms with van der Waals surface area (Å²) in [7, 11) is 3.77. The molecule has 1 aliphatic rings. The largest absolute Gasteiger partial charge is 0.486 e. The van der Waals surface area contributed by atoms with E-state index in [1.165, 1.54) is 6.92 Å². The van der Waals surface area contributed by atoms with E-state index in [-0.39, 0.29) is 0 Å². The highest BCUT2D eigenvalue weighted by atomic mass is 16.6. The second-order valence-electron chi connectivity index (χ2n) is 6.34. The van der Waals surface area contributed by atoms with Gasteiger partial charge in [-0.15, -0.1) is 0 Å². The monoisotopic (exact) mass is 370 g/mol. The van der Waals surface area contributed by atoms with E-state index in [2.05, 4.69) is 5.32 Å². The van der Waals surface area contributed by atoms with Crippen LogP contribution >= 0.6 is 0 Å². The van der Waals surface area contributed by atoms with Gasteiger partial charge < -0.3 is 24.4 Å². The van der Waals surface area contributed by atoms with Gasteiger partial charge in [0.05, 0.1) is 5.56 Å². The van der Waals surface area contributed by atoms with Gasteiger partial charge in [-0.25, -0.2) is 4.79 Å². The lowest BCUT2D eigenvalue weighted by molar-refractivity contribution is -0.123. The Kier molecular flexibility index (Phi) is 5.49. The minimum atomic E-state index is -0.950. The maximum Gasteiger partial charge on any atom is 0.338 e. The van der Waals surface area contributed by atoms with Crippen LogP contribution in [0.3, 0.4) is 0 Å². The zero-order valence-corrected chi connectivity index (χ0v) is 15.5. The topological polar surface area (TPSA) is 77.1 Å². The first kappa shape index (κ1) is 18.6. The van der Waals surface area contributed by atoms with E-state index in [4.69, 9.17) is 14.2 Å². The van der Waals surface area contributed by atoms with Crippen molar-refractivity contribution in [1.29, 1.82) is 0 Å². The van der Waals surface area contributed by atoms with Crippen molar-refractivity contribution in [2.24, 2.45) is 0 Å². The molecule has 1 aliphatic heterocycles. The number of ether oxygens (including phenoxy) is 3. The van der Waals surface area contributed by atoms with Crippen molar-refractivity contribution in [2.75, 3.05) is 37.5 Å². The van der Waals surface area contributed by atoms with Crippen molar-refractivity contribution in [3.8, 4) is 11.5 Å². The second-order valence-corrected chi connectivity index (χ2v) is 6.34. The molecule has 0 saturated carbocycles. The normalized spacial score (nSPS) is 13.4. The molecule has 1 atom stereocenters. The van der Waals surface area contributed by atoms with Gasteiger partial charge in [-0.1, -0.05) is 6.07 Å². The molecule has 0 aromatic heterocycles. The molecule has 0 radical (unpaired) electrons. The summed E-state index contributed by atoms with van der Waals surface area (Å²) >= 11 is 0. The summed E-state index contributed by atoms with van der Waals surface area (Å²) in [5.74, 6) is 0.232. The van der Waals surface area contributed by atoms with Gasteiger partial charge in [0.1, 0.15) is 13.2 Å². The van der Waals surface area contributed by atoms with Crippen molar-refractivity contribution in [2.45, 2.75) is 13.0 Å². The van der Waals surface area contributed by atoms with Crippen LogP contribution in [-0.2, 0) is 9.53 Å². The molecule has 2 aromatic carbocycles. The average Bonchev–Trinajstić information content (AvgIpc) is 2.67. The molecule has 1 heterocycles. The number of rotatable bonds is 5. The summed E-state index contributed by atoms with van der Waals surface area (Å²) in [6, 6.07) is 12.1. The van der Waals surface area contributed by atoms with Crippen LogP contribution in [0.1, 0.15) is 17.3 Å². The molecule has 0 unspecified atom stereocenters. The number of hydrogen-bond donors (Lipinski definition) is 1. The second kappa shape index (κ2) is 7.99. The number of carbonyl (C=O) groups excluding carboxylic acids is 2. The minimum absolute atomic E-state index is 0.389. The molecule has 142 valence electrons. The van der Waals surface area contributed by atoms with E-state index in [1.807, 2.05) is 25.1 Å². The highest BCUT2D eigenvalue weighted by Crippen LogP contribution is 2.32. The summed E-state index contributed by atoms with van der Waals surface area (Å²) in [5, 5.41) is 2.72. The molecule has 27 heavy (non-hydrogen) atoms. The highest BCUT2D eigenvalue weighted by Gasteiger charge is 2.20. The molecule has 2 aromatic rings. The Morgan fingerprint density at radius 3 is 2.56 bits per heavy atom. The predicted molar refractivity (Wildman–Crippen MR) is 102 cm³/mol. The number of hydrogen-bond acceptors (Lipinski definition) is 6. The smallest absolute Gasteiger partial charge is 0.338 e. The number of anilines is 2. The fourth-order valence-electron chi connectivity index (χ4n) is 2.56. The van der Waals surface area contributed by atoms with E-state index in [1.54, 1.807) is 36.4 Å². The Hall–Kier alpha value is -3.22. The molecular formula is C20H22N2O5.